The molecule has 0 fully saturated rings. The number of aromatic nitrogens is 4. The van der Waals surface area contributed by atoms with Crippen LogP contribution in [0.5, 0.6) is 11.5 Å². The first-order valence-electron chi connectivity index (χ1n) is 6.16. The summed E-state index contributed by atoms with van der Waals surface area (Å²) < 4.78 is 12.3. The lowest BCUT2D eigenvalue weighted by Gasteiger charge is -2.11. The van der Waals surface area contributed by atoms with Crippen molar-refractivity contribution in [2.75, 3.05) is 19.6 Å². The van der Waals surface area contributed by atoms with Gasteiger partial charge < -0.3 is 14.9 Å². The molecule has 0 amide bonds. The number of methoxy groups -OCH3 is 2. The molecule has 0 saturated heterocycles. The van der Waals surface area contributed by atoms with Gasteiger partial charge in [-0.15, -0.1) is 0 Å². The Bertz CT molecular complexity index is 785. The smallest absolute Gasteiger partial charge is 0.168 e. The number of hydrogen-bond donors (Lipinski definition) is 2. The molecule has 0 unspecified atom stereocenters. The Kier molecular flexibility index (Phi) is 3.28. The molecular weight excluding hydrogens is 272 g/mol. The SMILES string of the molecule is COc1ccc(OC)c(-n2ncc3c(NN)ncnc32)c1. The Labute approximate surface area is 120 Å². The molecule has 0 bridgehead atoms. The second-order valence-corrected chi connectivity index (χ2v) is 4.20. The highest BCUT2D eigenvalue weighted by Gasteiger charge is 2.14. The van der Waals surface area contributed by atoms with Crippen molar-refractivity contribution in [3.63, 3.8) is 0 Å². The van der Waals surface area contributed by atoms with E-state index in [2.05, 4.69) is 20.5 Å². The summed E-state index contributed by atoms with van der Waals surface area (Å²) in [6.07, 6.45) is 3.06. The van der Waals surface area contributed by atoms with Gasteiger partial charge in [0, 0.05) is 6.07 Å². The van der Waals surface area contributed by atoms with Crippen LogP contribution in [0.15, 0.2) is 30.7 Å². The van der Waals surface area contributed by atoms with Crippen LogP contribution in [0.2, 0.25) is 0 Å². The molecule has 3 N–H and O–H groups in total. The number of anilines is 1. The van der Waals surface area contributed by atoms with Crippen molar-refractivity contribution in [1.82, 2.24) is 19.7 Å². The van der Waals surface area contributed by atoms with Crippen LogP contribution < -0.4 is 20.7 Å². The Balaban J connectivity index is 2.25. The van der Waals surface area contributed by atoms with Crippen LogP contribution in [0.25, 0.3) is 16.7 Å². The number of ether oxygens (including phenoxy) is 2. The maximum absolute atomic E-state index is 5.44. The van der Waals surface area contributed by atoms with Gasteiger partial charge >= 0.3 is 0 Å². The van der Waals surface area contributed by atoms with Crippen molar-refractivity contribution in [3.8, 4) is 17.2 Å². The number of benzene rings is 1. The van der Waals surface area contributed by atoms with Gasteiger partial charge in [-0.2, -0.15) is 5.10 Å². The first-order valence-corrected chi connectivity index (χ1v) is 6.16. The topological polar surface area (TPSA) is 100 Å². The quantitative estimate of drug-likeness (QED) is 0.547. The minimum atomic E-state index is 0.508. The second kappa shape index (κ2) is 5.25. The largest absolute Gasteiger partial charge is 0.497 e. The molecular formula is C13H14N6O2. The number of hydrogen-bond acceptors (Lipinski definition) is 7. The number of hydrazine groups is 1. The monoisotopic (exact) mass is 286 g/mol. The molecule has 3 rings (SSSR count). The highest BCUT2D eigenvalue weighted by Crippen LogP contribution is 2.30. The average Bonchev–Trinajstić information content (AvgIpc) is 2.98. The summed E-state index contributed by atoms with van der Waals surface area (Å²) in [4.78, 5) is 8.31. The van der Waals surface area contributed by atoms with Crippen molar-refractivity contribution in [2.24, 2.45) is 5.84 Å². The van der Waals surface area contributed by atoms with Crippen molar-refractivity contribution < 1.29 is 9.47 Å². The fourth-order valence-electron chi connectivity index (χ4n) is 2.10. The predicted molar refractivity (Wildman–Crippen MR) is 77.6 cm³/mol. The Morgan fingerprint density at radius 2 is 2.05 bits per heavy atom. The minimum absolute atomic E-state index is 0.508. The third-order valence-corrected chi connectivity index (χ3v) is 3.12. The van der Waals surface area contributed by atoms with E-state index >= 15 is 0 Å². The number of fused-ring (bicyclic) bond motifs is 1. The Hall–Kier alpha value is -2.87. The van der Waals surface area contributed by atoms with E-state index in [-0.39, 0.29) is 0 Å². The first-order chi connectivity index (χ1) is 10.3. The van der Waals surface area contributed by atoms with Crippen molar-refractivity contribution in [1.29, 1.82) is 0 Å². The molecule has 0 aliphatic carbocycles. The van der Waals surface area contributed by atoms with Gasteiger partial charge in [0.25, 0.3) is 0 Å². The van der Waals surface area contributed by atoms with E-state index in [1.165, 1.54) is 6.33 Å². The molecule has 3 aromatic rings. The van der Waals surface area contributed by atoms with Crippen LogP contribution in [-0.2, 0) is 0 Å². The van der Waals surface area contributed by atoms with E-state index in [1.807, 2.05) is 18.2 Å². The molecule has 2 heterocycles. The normalized spacial score (nSPS) is 10.6. The van der Waals surface area contributed by atoms with Gasteiger partial charge in [0.1, 0.15) is 23.5 Å². The molecule has 8 nitrogen and oxygen atoms in total. The lowest BCUT2D eigenvalue weighted by Crippen LogP contribution is -2.09. The summed E-state index contributed by atoms with van der Waals surface area (Å²) in [6, 6.07) is 5.45. The van der Waals surface area contributed by atoms with Crippen LogP contribution in [-0.4, -0.2) is 34.0 Å². The molecule has 8 heteroatoms. The van der Waals surface area contributed by atoms with E-state index in [4.69, 9.17) is 15.3 Å². The van der Waals surface area contributed by atoms with Crippen LogP contribution >= 0.6 is 0 Å². The molecule has 0 spiro atoms. The maximum Gasteiger partial charge on any atom is 0.168 e. The van der Waals surface area contributed by atoms with Gasteiger partial charge in [0.15, 0.2) is 11.5 Å². The van der Waals surface area contributed by atoms with Gasteiger partial charge in [-0.05, 0) is 12.1 Å². The minimum Gasteiger partial charge on any atom is -0.497 e. The molecule has 0 aliphatic heterocycles. The number of nitrogens with two attached hydrogens (primary N) is 1. The summed E-state index contributed by atoms with van der Waals surface area (Å²) in [6.45, 7) is 0. The summed E-state index contributed by atoms with van der Waals surface area (Å²) in [5.74, 6) is 7.30. The fraction of sp³-hybridized carbons (Fsp3) is 0.154. The van der Waals surface area contributed by atoms with E-state index in [1.54, 1.807) is 25.1 Å². The average molecular weight is 286 g/mol. The van der Waals surface area contributed by atoms with Gasteiger partial charge in [0.2, 0.25) is 0 Å². The number of nitrogen functional groups attached to an aromatic ring is 1. The van der Waals surface area contributed by atoms with Gasteiger partial charge in [-0.3, -0.25) is 0 Å². The van der Waals surface area contributed by atoms with Gasteiger partial charge in [-0.25, -0.2) is 20.5 Å². The molecule has 1 aromatic carbocycles. The summed E-state index contributed by atoms with van der Waals surface area (Å²) in [5, 5.41) is 5.05. The zero-order valence-corrected chi connectivity index (χ0v) is 11.6. The van der Waals surface area contributed by atoms with Crippen LogP contribution in [0.1, 0.15) is 0 Å². The number of rotatable bonds is 4. The number of nitrogens with one attached hydrogen (secondary N) is 1. The zero-order valence-electron chi connectivity index (χ0n) is 11.6. The predicted octanol–water partition coefficient (Wildman–Crippen LogP) is 1.12. The summed E-state index contributed by atoms with van der Waals surface area (Å²) in [7, 11) is 3.20. The van der Waals surface area contributed by atoms with Crippen molar-refractivity contribution in [3.05, 3.63) is 30.7 Å². The van der Waals surface area contributed by atoms with E-state index < -0.39 is 0 Å². The molecule has 0 radical (unpaired) electrons. The third-order valence-electron chi connectivity index (χ3n) is 3.12. The molecule has 2 aromatic heterocycles. The summed E-state index contributed by atoms with van der Waals surface area (Å²) >= 11 is 0. The molecule has 0 saturated carbocycles. The Morgan fingerprint density at radius 3 is 2.76 bits per heavy atom. The maximum atomic E-state index is 5.44. The molecule has 0 atom stereocenters. The third kappa shape index (κ3) is 2.11. The van der Waals surface area contributed by atoms with Gasteiger partial charge in [-0.1, -0.05) is 0 Å². The highest BCUT2D eigenvalue weighted by molar-refractivity contribution is 5.87. The second-order valence-electron chi connectivity index (χ2n) is 4.20. The van der Waals surface area contributed by atoms with Crippen molar-refractivity contribution in [2.45, 2.75) is 0 Å². The molecule has 0 aliphatic rings. The molecule has 21 heavy (non-hydrogen) atoms. The lowest BCUT2D eigenvalue weighted by molar-refractivity contribution is 0.401. The van der Waals surface area contributed by atoms with Crippen molar-refractivity contribution >= 4 is 16.9 Å². The number of nitrogens with zero attached hydrogens (tertiary/aromatic N) is 4. The zero-order chi connectivity index (χ0) is 14.8. The highest BCUT2D eigenvalue weighted by atomic mass is 16.5. The van der Waals surface area contributed by atoms with Gasteiger partial charge in [0.05, 0.1) is 25.8 Å². The fourth-order valence-corrected chi connectivity index (χ4v) is 2.10. The van der Waals surface area contributed by atoms with Crippen LogP contribution in [0.3, 0.4) is 0 Å². The van der Waals surface area contributed by atoms with E-state index in [9.17, 15) is 0 Å². The summed E-state index contributed by atoms with van der Waals surface area (Å²) in [5.41, 5.74) is 3.86. The van der Waals surface area contributed by atoms with Crippen LogP contribution in [0, 0.1) is 0 Å². The van der Waals surface area contributed by atoms with E-state index in [0.717, 1.165) is 0 Å². The molecule has 108 valence electrons. The standard InChI is InChI=1S/C13H14N6O2/c1-20-8-3-4-11(21-2)10(5-8)19-13-9(6-17-19)12(18-14)15-7-16-13/h3-7H,14H2,1-2H3,(H,15,16,18). The Morgan fingerprint density at radius 1 is 1.19 bits per heavy atom. The van der Waals surface area contributed by atoms with Crippen LogP contribution in [0.4, 0.5) is 5.82 Å². The van der Waals surface area contributed by atoms with E-state index in [0.29, 0.717) is 34.0 Å². The lowest BCUT2D eigenvalue weighted by atomic mass is 10.2. The first kappa shape index (κ1) is 13.1.